The molecule has 0 atom stereocenters. The van der Waals surface area contributed by atoms with Crippen molar-refractivity contribution in [2.75, 3.05) is 32.8 Å². The normalized spacial score (nSPS) is 11.1. The molecule has 0 saturated carbocycles. The number of unbranched alkanes of at least 4 members (excludes halogenated alkanes) is 3. The van der Waals surface area contributed by atoms with Crippen LogP contribution in [0.2, 0.25) is 0 Å². The Kier molecular flexibility index (Phi) is 11.6. The van der Waals surface area contributed by atoms with E-state index in [0.29, 0.717) is 0 Å². The Morgan fingerprint density at radius 1 is 0.913 bits per heavy atom. The summed E-state index contributed by atoms with van der Waals surface area (Å²) in [6, 6.07) is 8.51. The van der Waals surface area contributed by atoms with Gasteiger partial charge >= 0.3 is 0 Å². The topological polar surface area (TPSA) is 24.5 Å². The van der Waals surface area contributed by atoms with Gasteiger partial charge in [-0.3, -0.25) is 0 Å². The van der Waals surface area contributed by atoms with Crippen molar-refractivity contribution in [3.63, 3.8) is 0 Å². The smallest absolute Gasteiger partial charge is 0.119 e. The van der Waals surface area contributed by atoms with Crippen molar-refractivity contribution in [2.45, 2.75) is 59.4 Å². The van der Waals surface area contributed by atoms with Gasteiger partial charge in [-0.25, -0.2) is 0 Å². The average Bonchev–Trinajstić information content (AvgIpc) is 2.59. The van der Waals surface area contributed by atoms with Crippen LogP contribution in [0.25, 0.3) is 0 Å². The Labute approximate surface area is 143 Å². The molecule has 0 heterocycles. The van der Waals surface area contributed by atoms with E-state index in [-0.39, 0.29) is 0 Å². The second-order valence-electron chi connectivity index (χ2n) is 6.11. The van der Waals surface area contributed by atoms with Gasteiger partial charge in [-0.05, 0) is 56.7 Å². The lowest BCUT2D eigenvalue weighted by Crippen LogP contribution is -2.27. The maximum atomic E-state index is 5.78. The van der Waals surface area contributed by atoms with Crippen molar-refractivity contribution in [1.29, 1.82) is 0 Å². The standard InChI is InChI=1S/C20H36N2O/c1-4-7-8-9-17-23-20-13-11-19(12-14-20)18-21-15-10-16-22(5-2)6-3/h11-14,21H,4-10,15-18H2,1-3H3. The molecule has 0 radical (unpaired) electrons. The van der Waals surface area contributed by atoms with Crippen molar-refractivity contribution in [3.05, 3.63) is 29.8 Å². The Morgan fingerprint density at radius 3 is 2.30 bits per heavy atom. The molecular weight excluding hydrogens is 284 g/mol. The van der Waals surface area contributed by atoms with Crippen LogP contribution in [0.4, 0.5) is 0 Å². The lowest BCUT2D eigenvalue weighted by molar-refractivity contribution is 0.298. The summed E-state index contributed by atoms with van der Waals surface area (Å²) >= 11 is 0. The summed E-state index contributed by atoms with van der Waals surface area (Å²) in [5, 5.41) is 3.52. The third-order valence-corrected chi connectivity index (χ3v) is 4.24. The van der Waals surface area contributed by atoms with Gasteiger partial charge in [0.1, 0.15) is 5.75 Å². The quantitative estimate of drug-likeness (QED) is 0.512. The maximum Gasteiger partial charge on any atom is 0.119 e. The van der Waals surface area contributed by atoms with Gasteiger partial charge in [-0.2, -0.15) is 0 Å². The molecule has 3 heteroatoms. The second kappa shape index (κ2) is 13.4. The van der Waals surface area contributed by atoms with E-state index in [1.807, 2.05) is 0 Å². The Balaban J connectivity index is 2.11. The van der Waals surface area contributed by atoms with Gasteiger partial charge in [0.2, 0.25) is 0 Å². The number of rotatable bonds is 14. The minimum Gasteiger partial charge on any atom is -0.494 e. The largest absolute Gasteiger partial charge is 0.494 e. The zero-order chi connectivity index (χ0) is 16.8. The van der Waals surface area contributed by atoms with Gasteiger partial charge < -0.3 is 15.0 Å². The molecule has 1 aromatic rings. The van der Waals surface area contributed by atoms with Crippen LogP contribution >= 0.6 is 0 Å². The van der Waals surface area contributed by atoms with E-state index in [1.165, 1.54) is 37.8 Å². The molecule has 0 bridgehead atoms. The fourth-order valence-electron chi connectivity index (χ4n) is 2.62. The summed E-state index contributed by atoms with van der Waals surface area (Å²) in [6.45, 7) is 13.0. The fraction of sp³-hybridized carbons (Fsp3) is 0.700. The highest BCUT2D eigenvalue weighted by Crippen LogP contribution is 2.13. The van der Waals surface area contributed by atoms with E-state index in [0.717, 1.165) is 45.0 Å². The predicted octanol–water partition coefficient (Wildman–Crippen LogP) is 4.47. The summed E-state index contributed by atoms with van der Waals surface area (Å²) in [5.41, 5.74) is 1.33. The highest BCUT2D eigenvalue weighted by atomic mass is 16.5. The van der Waals surface area contributed by atoms with Crippen LogP contribution < -0.4 is 10.1 Å². The molecule has 0 spiro atoms. The van der Waals surface area contributed by atoms with Crippen molar-refractivity contribution in [2.24, 2.45) is 0 Å². The first-order valence-electron chi connectivity index (χ1n) is 9.44. The third kappa shape index (κ3) is 9.62. The number of ether oxygens (including phenoxy) is 1. The first-order valence-corrected chi connectivity index (χ1v) is 9.44. The van der Waals surface area contributed by atoms with Gasteiger partial charge in [0, 0.05) is 6.54 Å². The summed E-state index contributed by atoms with van der Waals surface area (Å²) < 4.78 is 5.78. The summed E-state index contributed by atoms with van der Waals surface area (Å²) in [4.78, 5) is 2.47. The van der Waals surface area contributed by atoms with E-state index >= 15 is 0 Å². The van der Waals surface area contributed by atoms with Gasteiger partial charge in [0.15, 0.2) is 0 Å². The van der Waals surface area contributed by atoms with Crippen LogP contribution in [-0.4, -0.2) is 37.7 Å². The molecule has 1 aromatic carbocycles. The Morgan fingerprint density at radius 2 is 1.65 bits per heavy atom. The average molecular weight is 321 g/mol. The fourth-order valence-corrected chi connectivity index (χ4v) is 2.62. The Hall–Kier alpha value is -1.06. The molecule has 0 amide bonds. The number of hydrogen-bond donors (Lipinski definition) is 1. The molecule has 1 N–H and O–H groups in total. The SMILES string of the molecule is CCCCCCOc1ccc(CNCCCN(CC)CC)cc1. The highest BCUT2D eigenvalue weighted by Gasteiger charge is 1.99. The summed E-state index contributed by atoms with van der Waals surface area (Å²) in [7, 11) is 0. The van der Waals surface area contributed by atoms with E-state index in [1.54, 1.807) is 0 Å². The summed E-state index contributed by atoms with van der Waals surface area (Å²) in [5.74, 6) is 0.992. The molecule has 0 fully saturated rings. The van der Waals surface area contributed by atoms with Crippen molar-refractivity contribution in [1.82, 2.24) is 10.2 Å². The van der Waals surface area contributed by atoms with E-state index in [9.17, 15) is 0 Å². The maximum absolute atomic E-state index is 5.78. The molecule has 3 nitrogen and oxygen atoms in total. The van der Waals surface area contributed by atoms with Gasteiger partial charge in [0.25, 0.3) is 0 Å². The molecular formula is C20H36N2O. The number of nitrogens with zero attached hydrogens (tertiary/aromatic N) is 1. The molecule has 1 rings (SSSR count). The molecule has 0 aliphatic heterocycles. The Bertz CT molecular complexity index is 374. The van der Waals surface area contributed by atoms with Crippen LogP contribution in [0.15, 0.2) is 24.3 Å². The number of hydrogen-bond acceptors (Lipinski definition) is 3. The van der Waals surface area contributed by atoms with Crippen LogP contribution in [0.3, 0.4) is 0 Å². The van der Waals surface area contributed by atoms with E-state index < -0.39 is 0 Å². The van der Waals surface area contributed by atoms with Crippen LogP contribution in [0.5, 0.6) is 5.75 Å². The first-order chi connectivity index (χ1) is 11.3. The highest BCUT2D eigenvalue weighted by molar-refractivity contribution is 5.27. The lowest BCUT2D eigenvalue weighted by atomic mass is 10.2. The van der Waals surface area contributed by atoms with E-state index in [4.69, 9.17) is 4.74 Å². The predicted molar refractivity (Wildman–Crippen MR) is 100 cm³/mol. The lowest BCUT2D eigenvalue weighted by Gasteiger charge is -2.17. The minimum atomic E-state index is 0.836. The monoisotopic (exact) mass is 320 g/mol. The minimum absolute atomic E-state index is 0.836. The molecule has 23 heavy (non-hydrogen) atoms. The zero-order valence-electron chi connectivity index (χ0n) is 15.4. The van der Waals surface area contributed by atoms with Gasteiger partial charge in [-0.1, -0.05) is 52.2 Å². The second-order valence-corrected chi connectivity index (χ2v) is 6.11. The molecule has 0 saturated heterocycles. The molecule has 0 aromatic heterocycles. The zero-order valence-corrected chi connectivity index (χ0v) is 15.4. The van der Waals surface area contributed by atoms with Crippen molar-refractivity contribution < 1.29 is 4.74 Å². The molecule has 0 unspecified atom stereocenters. The van der Waals surface area contributed by atoms with Crippen molar-refractivity contribution in [3.8, 4) is 5.75 Å². The van der Waals surface area contributed by atoms with Crippen molar-refractivity contribution >= 4 is 0 Å². The van der Waals surface area contributed by atoms with Gasteiger partial charge in [0.05, 0.1) is 6.61 Å². The van der Waals surface area contributed by atoms with Crippen LogP contribution in [0, 0.1) is 0 Å². The molecule has 132 valence electrons. The number of nitrogens with one attached hydrogen (secondary N) is 1. The number of benzene rings is 1. The van der Waals surface area contributed by atoms with Crippen LogP contribution in [-0.2, 0) is 6.54 Å². The molecule has 0 aliphatic carbocycles. The third-order valence-electron chi connectivity index (χ3n) is 4.24. The molecule has 0 aliphatic rings. The van der Waals surface area contributed by atoms with E-state index in [2.05, 4.69) is 55.3 Å². The van der Waals surface area contributed by atoms with Gasteiger partial charge in [-0.15, -0.1) is 0 Å². The summed E-state index contributed by atoms with van der Waals surface area (Å²) in [6.07, 6.45) is 6.22. The van der Waals surface area contributed by atoms with Crippen LogP contribution in [0.1, 0.15) is 58.4 Å². The first kappa shape index (κ1) is 20.0.